The zero-order chi connectivity index (χ0) is 16.2. The van der Waals surface area contributed by atoms with E-state index in [0.29, 0.717) is 17.0 Å². The van der Waals surface area contributed by atoms with Crippen LogP contribution in [-0.2, 0) is 0 Å². The molecule has 1 aromatic heterocycles. The van der Waals surface area contributed by atoms with Crippen LogP contribution < -0.4 is 0 Å². The van der Waals surface area contributed by atoms with Crippen molar-refractivity contribution in [2.45, 2.75) is 33.1 Å². The number of aryl methyl sites for hydroxylation is 1. The molecule has 122 valence electrons. The molecule has 23 heavy (non-hydrogen) atoms. The number of rotatable bonds is 5. The number of piperidine rings is 1. The van der Waals surface area contributed by atoms with E-state index in [-0.39, 0.29) is 11.7 Å². The second kappa shape index (κ2) is 7.09. The van der Waals surface area contributed by atoms with E-state index >= 15 is 0 Å². The zero-order valence-corrected chi connectivity index (χ0v) is 13.9. The second-order valence-electron chi connectivity index (χ2n) is 6.45. The van der Waals surface area contributed by atoms with Crippen LogP contribution in [0.4, 0.5) is 0 Å². The Balaban J connectivity index is 1.80. The molecule has 0 bridgehead atoms. The van der Waals surface area contributed by atoms with Crippen LogP contribution in [0, 0.1) is 12.8 Å². The number of benzene rings is 1. The first-order chi connectivity index (χ1) is 11.2. The number of nitrogens with zero attached hydrogens (tertiary/aromatic N) is 2. The summed E-state index contributed by atoms with van der Waals surface area (Å²) in [5.74, 6) is 0.696. The molecule has 1 unspecified atom stereocenters. The van der Waals surface area contributed by atoms with Crippen LogP contribution in [0.2, 0.25) is 0 Å². The van der Waals surface area contributed by atoms with Crippen molar-refractivity contribution in [1.29, 1.82) is 0 Å². The smallest absolute Gasteiger partial charge is 0.172 e. The van der Waals surface area contributed by atoms with Gasteiger partial charge in [-0.1, -0.05) is 48.8 Å². The third kappa shape index (κ3) is 3.53. The number of likely N-dealkylation sites (tertiary alicyclic amines) is 1. The lowest BCUT2D eigenvalue weighted by Gasteiger charge is -2.28. The minimum Gasteiger partial charge on any atom is -0.360 e. The van der Waals surface area contributed by atoms with Gasteiger partial charge in [0.25, 0.3) is 0 Å². The van der Waals surface area contributed by atoms with Gasteiger partial charge >= 0.3 is 0 Å². The Morgan fingerprint density at radius 1 is 1.22 bits per heavy atom. The summed E-state index contributed by atoms with van der Waals surface area (Å²) in [5.41, 5.74) is 2.23. The van der Waals surface area contributed by atoms with Crippen molar-refractivity contribution >= 4 is 5.78 Å². The molecular weight excluding hydrogens is 288 g/mol. The third-order valence-electron chi connectivity index (χ3n) is 4.58. The summed E-state index contributed by atoms with van der Waals surface area (Å²) in [7, 11) is 0. The molecule has 2 aromatic rings. The van der Waals surface area contributed by atoms with Crippen LogP contribution in [0.5, 0.6) is 0 Å². The van der Waals surface area contributed by atoms with E-state index in [1.54, 1.807) is 0 Å². The summed E-state index contributed by atoms with van der Waals surface area (Å²) in [5, 5.41) is 4.13. The average Bonchev–Trinajstić information content (AvgIpc) is 2.97. The maximum atomic E-state index is 13.0. The van der Waals surface area contributed by atoms with Crippen molar-refractivity contribution in [3.63, 3.8) is 0 Å². The van der Waals surface area contributed by atoms with E-state index in [4.69, 9.17) is 4.52 Å². The number of Topliss-reactive ketones (excluding diaryl/α,β-unsaturated/α-hetero) is 1. The normalized spacial score (nSPS) is 17.1. The van der Waals surface area contributed by atoms with Crippen molar-refractivity contribution in [2.75, 3.05) is 19.6 Å². The third-order valence-corrected chi connectivity index (χ3v) is 4.58. The number of hydrogen-bond acceptors (Lipinski definition) is 4. The first-order valence-corrected chi connectivity index (χ1v) is 8.45. The highest BCUT2D eigenvalue weighted by atomic mass is 16.5. The van der Waals surface area contributed by atoms with Crippen LogP contribution >= 0.6 is 0 Å². The summed E-state index contributed by atoms with van der Waals surface area (Å²) in [6, 6.07) is 9.78. The predicted octanol–water partition coefficient (Wildman–Crippen LogP) is 3.95. The van der Waals surface area contributed by atoms with E-state index in [9.17, 15) is 4.79 Å². The molecule has 4 nitrogen and oxygen atoms in total. The molecule has 1 aliphatic rings. The molecule has 0 spiro atoms. The van der Waals surface area contributed by atoms with Crippen molar-refractivity contribution in [3.05, 3.63) is 41.7 Å². The van der Waals surface area contributed by atoms with Crippen molar-refractivity contribution < 1.29 is 9.32 Å². The van der Waals surface area contributed by atoms with Crippen LogP contribution in [0.15, 0.2) is 34.9 Å². The molecular formula is C19H24N2O2. The van der Waals surface area contributed by atoms with Gasteiger partial charge in [-0.2, -0.15) is 0 Å². The summed E-state index contributed by atoms with van der Waals surface area (Å²) in [4.78, 5) is 15.4. The molecule has 0 radical (unpaired) electrons. The largest absolute Gasteiger partial charge is 0.360 e. The maximum absolute atomic E-state index is 13.0. The van der Waals surface area contributed by atoms with Gasteiger partial charge in [-0.25, -0.2) is 0 Å². The lowest BCUT2D eigenvalue weighted by Crippen LogP contribution is -2.36. The summed E-state index contributed by atoms with van der Waals surface area (Å²) < 4.78 is 5.33. The standard InChI is InChI=1S/C19H24N2O2/c1-14(13-21-11-7-4-8-12-21)19(22)17-15(2)23-20-18(17)16-9-5-3-6-10-16/h3,5-6,9-10,14H,4,7-8,11-13H2,1-2H3. The van der Waals surface area contributed by atoms with Crippen LogP contribution in [-0.4, -0.2) is 35.5 Å². The summed E-state index contributed by atoms with van der Waals surface area (Å²) in [6.45, 7) is 6.85. The van der Waals surface area contributed by atoms with E-state index in [1.165, 1.54) is 19.3 Å². The highest BCUT2D eigenvalue weighted by Crippen LogP contribution is 2.27. The van der Waals surface area contributed by atoms with Gasteiger partial charge < -0.3 is 9.42 Å². The van der Waals surface area contributed by atoms with Crippen LogP contribution in [0.1, 0.15) is 42.3 Å². The first kappa shape index (κ1) is 15.9. The van der Waals surface area contributed by atoms with Crippen molar-refractivity contribution in [3.8, 4) is 11.3 Å². The van der Waals surface area contributed by atoms with Gasteiger partial charge in [0.15, 0.2) is 5.78 Å². The molecule has 0 aliphatic carbocycles. The van der Waals surface area contributed by atoms with E-state index in [1.807, 2.05) is 44.2 Å². The minimum atomic E-state index is -0.0475. The molecule has 1 aliphatic heterocycles. The first-order valence-electron chi connectivity index (χ1n) is 8.45. The fraction of sp³-hybridized carbons (Fsp3) is 0.474. The van der Waals surface area contributed by atoms with E-state index in [2.05, 4.69) is 10.1 Å². The Morgan fingerprint density at radius 2 is 1.91 bits per heavy atom. The van der Waals surface area contributed by atoms with Gasteiger partial charge in [-0.15, -0.1) is 0 Å². The Kier molecular flexibility index (Phi) is 4.91. The fourth-order valence-corrected chi connectivity index (χ4v) is 3.31. The number of ketones is 1. The Morgan fingerprint density at radius 3 is 2.61 bits per heavy atom. The highest BCUT2D eigenvalue weighted by molar-refractivity contribution is 6.03. The van der Waals surface area contributed by atoms with Gasteiger partial charge in [0.1, 0.15) is 11.5 Å². The Hall–Kier alpha value is -1.94. The molecule has 2 heterocycles. The molecule has 3 rings (SSSR count). The van der Waals surface area contributed by atoms with E-state index in [0.717, 1.165) is 25.2 Å². The molecule has 0 amide bonds. The second-order valence-corrected chi connectivity index (χ2v) is 6.45. The molecule has 4 heteroatoms. The minimum absolute atomic E-state index is 0.0475. The number of aromatic nitrogens is 1. The fourth-order valence-electron chi connectivity index (χ4n) is 3.31. The monoisotopic (exact) mass is 312 g/mol. The molecule has 1 fully saturated rings. The Bertz CT molecular complexity index is 657. The van der Waals surface area contributed by atoms with Crippen molar-refractivity contribution in [1.82, 2.24) is 10.1 Å². The van der Waals surface area contributed by atoms with Gasteiger partial charge in [-0.3, -0.25) is 4.79 Å². The number of hydrogen-bond donors (Lipinski definition) is 0. The van der Waals surface area contributed by atoms with Gasteiger partial charge in [0.05, 0.1) is 5.56 Å². The number of carbonyl (C=O) groups is 1. The number of carbonyl (C=O) groups excluding carboxylic acids is 1. The zero-order valence-electron chi connectivity index (χ0n) is 13.9. The maximum Gasteiger partial charge on any atom is 0.172 e. The molecule has 1 saturated heterocycles. The predicted molar refractivity (Wildman–Crippen MR) is 90.5 cm³/mol. The Labute approximate surface area is 137 Å². The molecule has 1 aromatic carbocycles. The van der Waals surface area contributed by atoms with Crippen molar-refractivity contribution in [2.24, 2.45) is 5.92 Å². The lowest BCUT2D eigenvalue weighted by molar-refractivity contribution is 0.0882. The highest BCUT2D eigenvalue weighted by Gasteiger charge is 2.27. The van der Waals surface area contributed by atoms with E-state index < -0.39 is 0 Å². The molecule has 0 saturated carbocycles. The molecule has 1 atom stereocenters. The average molecular weight is 312 g/mol. The van der Waals surface area contributed by atoms with Crippen LogP contribution in [0.25, 0.3) is 11.3 Å². The van der Waals surface area contributed by atoms with Gasteiger partial charge in [0, 0.05) is 18.0 Å². The quantitative estimate of drug-likeness (QED) is 0.784. The summed E-state index contributed by atoms with van der Waals surface area (Å²) >= 11 is 0. The van der Waals surface area contributed by atoms with Gasteiger partial charge in [0.2, 0.25) is 0 Å². The lowest BCUT2D eigenvalue weighted by atomic mass is 9.94. The van der Waals surface area contributed by atoms with Crippen LogP contribution in [0.3, 0.4) is 0 Å². The topological polar surface area (TPSA) is 46.3 Å². The SMILES string of the molecule is Cc1onc(-c2ccccc2)c1C(=O)C(C)CN1CCCCC1. The van der Waals surface area contributed by atoms with Gasteiger partial charge in [-0.05, 0) is 32.9 Å². The summed E-state index contributed by atoms with van der Waals surface area (Å²) in [6.07, 6.45) is 3.78. The molecule has 0 N–H and O–H groups in total.